The molecule has 0 N–H and O–H groups in total. The van der Waals surface area contributed by atoms with Gasteiger partial charge in [-0.3, -0.25) is 4.79 Å². The molecule has 0 unspecified atom stereocenters. The van der Waals surface area contributed by atoms with E-state index in [9.17, 15) is 14.4 Å². The minimum absolute atomic E-state index is 0.0477. The van der Waals surface area contributed by atoms with Crippen molar-refractivity contribution in [2.45, 2.75) is 19.4 Å². The van der Waals surface area contributed by atoms with E-state index in [4.69, 9.17) is 23.0 Å². The van der Waals surface area contributed by atoms with Gasteiger partial charge in [-0.2, -0.15) is 0 Å². The number of hydrogen-bond donors (Lipinski definition) is 0. The number of fused-ring (bicyclic) bond motifs is 6. The van der Waals surface area contributed by atoms with Crippen LogP contribution in [-0.4, -0.2) is 13.1 Å². The first-order chi connectivity index (χ1) is 18.0. The highest BCUT2D eigenvalue weighted by molar-refractivity contribution is 5.90. The SMILES string of the molecule is COc1ccc(C2c3c(c4ccccc4oc3=O)Oc3c2c(=O)oc2ccccc32)cc1COC(C)=O. The third-order valence-electron chi connectivity index (χ3n) is 6.45. The fourth-order valence-corrected chi connectivity index (χ4v) is 4.84. The second kappa shape index (κ2) is 8.67. The van der Waals surface area contributed by atoms with Gasteiger partial charge in [-0.15, -0.1) is 0 Å². The molecule has 184 valence electrons. The molecule has 3 heterocycles. The molecule has 8 nitrogen and oxygen atoms in total. The lowest BCUT2D eigenvalue weighted by atomic mass is 9.82. The maximum Gasteiger partial charge on any atom is 0.344 e. The highest BCUT2D eigenvalue weighted by Crippen LogP contribution is 2.49. The number of para-hydroxylation sites is 2. The fourth-order valence-electron chi connectivity index (χ4n) is 4.84. The van der Waals surface area contributed by atoms with Gasteiger partial charge in [-0.25, -0.2) is 9.59 Å². The van der Waals surface area contributed by atoms with Crippen molar-refractivity contribution in [2.24, 2.45) is 0 Å². The zero-order valence-electron chi connectivity index (χ0n) is 19.9. The van der Waals surface area contributed by atoms with E-state index in [1.54, 1.807) is 54.6 Å². The zero-order chi connectivity index (χ0) is 25.7. The summed E-state index contributed by atoms with van der Waals surface area (Å²) in [6, 6.07) is 19.3. The van der Waals surface area contributed by atoms with Crippen LogP contribution in [0.5, 0.6) is 17.2 Å². The summed E-state index contributed by atoms with van der Waals surface area (Å²) in [5.41, 5.74) is 0.981. The smallest absolute Gasteiger partial charge is 0.344 e. The van der Waals surface area contributed by atoms with Crippen molar-refractivity contribution in [3.05, 3.63) is 110 Å². The Hall–Kier alpha value is -4.85. The molecule has 0 radical (unpaired) electrons. The van der Waals surface area contributed by atoms with E-state index in [1.807, 2.05) is 12.1 Å². The lowest BCUT2D eigenvalue weighted by Crippen LogP contribution is -2.26. The lowest BCUT2D eigenvalue weighted by Gasteiger charge is -2.28. The molecular formula is C29H20O8. The molecule has 8 heteroatoms. The van der Waals surface area contributed by atoms with Crippen LogP contribution in [0.25, 0.3) is 21.9 Å². The summed E-state index contributed by atoms with van der Waals surface area (Å²) < 4.78 is 28.3. The summed E-state index contributed by atoms with van der Waals surface area (Å²) in [6.45, 7) is 1.27. The van der Waals surface area contributed by atoms with Crippen molar-refractivity contribution in [1.29, 1.82) is 0 Å². The molecule has 0 atom stereocenters. The minimum Gasteiger partial charge on any atom is -0.496 e. The zero-order valence-corrected chi connectivity index (χ0v) is 19.9. The van der Waals surface area contributed by atoms with Gasteiger partial charge in [0.25, 0.3) is 0 Å². The molecule has 37 heavy (non-hydrogen) atoms. The Kier molecular flexibility index (Phi) is 5.30. The summed E-state index contributed by atoms with van der Waals surface area (Å²) in [4.78, 5) is 38.3. The summed E-state index contributed by atoms with van der Waals surface area (Å²) in [6.07, 6.45) is 0. The molecule has 0 fully saturated rings. The van der Waals surface area contributed by atoms with Gasteiger partial charge in [0.2, 0.25) is 0 Å². The maximum absolute atomic E-state index is 13.4. The monoisotopic (exact) mass is 496 g/mol. The highest BCUT2D eigenvalue weighted by Gasteiger charge is 2.38. The molecule has 0 amide bonds. The van der Waals surface area contributed by atoms with Crippen molar-refractivity contribution in [2.75, 3.05) is 7.11 Å². The van der Waals surface area contributed by atoms with E-state index >= 15 is 0 Å². The van der Waals surface area contributed by atoms with Gasteiger partial charge >= 0.3 is 17.2 Å². The van der Waals surface area contributed by atoms with Gasteiger partial charge in [-0.05, 0) is 42.0 Å². The topological polar surface area (TPSA) is 105 Å². The van der Waals surface area contributed by atoms with E-state index in [-0.39, 0.29) is 17.7 Å². The predicted molar refractivity (Wildman–Crippen MR) is 134 cm³/mol. The summed E-state index contributed by atoms with van der Waals surface area (Å²) in [5, 5.41) is 1.19. The molecular weight excluding hydrogens is 476 g/mol. The summed E-state index contributed by atoms with van der Waals surface area (Å²) in [5.74, 6) is -0.195. The molecule has 5 aromatic rings. The van der Waals surface area contributed by atoms with E-state index in [0.717, 1.165) is 0 Å². The number of benzene rings is 3. The average molecular weight is 496 g/mol. The first-order valence-electron chi connectivity index (χ1n) is 11.6. The molecule has 3 aromatic carbocycles. The number of carbonyl (C=O) groups is 1. The van der Waals surface area contributed by atoms with Gasteiger partial charge in [0, 0.05) is 12.5 Å². The van der Waals surface area contributed by atoms with Crippen LogP contribution in [0.3, 0.4) is 0 Å². The van der Waals surface area contributed by atoms with Gasteiger partial charge in [0.05, 0.1) is 34.9 Å². The predicted octanol–water partition coefficient (Wildman–Crippen LogP) is 5.26. The molecule has 0 spiro atoms. The van der Waals surface area contributed by atoms with Crippen molar-refractivity contribution in [3.63, 3.8) is 0 Å². The van der Waals surface area contributed by atoms with Crippen molar-refractivity contribution >= 4 is 27.9 Å². The van der Waals surface area contributed by atoms with Crippen LogP contribution in [0.1, 0.15) is 35.1 Å². The first kappa shape index (κ1) is 22.6. The molecule has 0 saturated heterocycles. The Morgan fingerprint density at radius 2 is 1.41 bits per heavy atom. The molecule has 0 saturated carbocycles. The normalized spacial score (nSPS) is 12.6. The van der Waals surface area contributed by atoms with Crippen LogP contribution >= 0.6 is 0 Å². The van der Waals surface area contributed by atoms with E-state index in [1.165, 1.54) is 14.0 Å². The third-order valence-corrected chi connectivity index (χ3v) is 6.45. The quantitative estimate of drug-likeness (QED) is 0.241. The molecule has 1 aliphatic heterocycles. The average Bonchev–Trinajstić information content (AvgIpc) is 2.91. The Morgan fingerprint density at radius 1 is 0.838 bits per heavy atom. The second-order valence-corrected chi connectivity index (χ2v) is 8.64. The van der Waals surface area contributed by atoms with E-state index < -0.39 is 23.1 Å². The van der Waals surface area contributed by atoms with Gasteiger partial charge < -0.3 is 23.0 Å². The van der Waals surface area contributed by atoms with Crippen LogP contribution in [0.2, 0.25) is 0 Å². The molecule has 2 aromatic heterocycles. The number of methoxy groups -OCH3 is 1. The van der Waals surface area contributed by atoms with Crippen LogP contribution in [0.15, 0.2) is 85.2 Å². The number of carbonyl (C=O) groups excluding carboxylic acids is 1. The van der Waals surface area contributed by atoms with Crippen molar-refractivity contribution in [3.8, 4) is 17.2 Å². The Morgan fingerprint density at radius 3 is 1.95 bits per heavy atom. The Balaban J connectivity index is 1.69. The van der Waals surface area contributed by atoms with Crippen LogP contribution in [0.4, 0.5) is 0 Å². The van der Waals surface area contributed by atoms with Gasteiger partial charge in [0.1, 0.15) is 35.0 Å². The Bertz CT molecular complexity index is 1730. The standard InChI is InChI=1S/C29H20O8/c1-15(30)34-14-17-13-16(11-12-20(17)33-2)23-24-26(18-7-3-5-9-21(18)35-28(24)31)37-27-19-8-4-6-10-22(19)36-29(32)25(23)27/h3-13,23H,14H2,1-2H3. The summed E-state index contributed by atoms with van der Waals surface area (Å²) >= 11 is 0. The fraction of sp³-hybridized carbons (Fsp3) is 0.138. The van der Waals surface area contributed by atoms with Crippen molar-refractivity contribution in [1.82, 2.24) is 0 Å². The number of hydrogen-bond acceptors (Lipinski definition) is 8. The lowest BCUT2D eigenvalue weighted by molar-refractivity contribution is -0.142. The van der Waals surface area contributed by atoms with Gasteiger partial charge in [-0.1, -0.05) is 30.3 Å². The second-order valence-electron chi connectivity index (χ2n) is 8.64. The molecule has 0 bridgehead atoms. The Labute approximate surface area is 209 Å². The molecule has 6 rings (SSSR count). The van der Waals surface area contributed by atoms with Crippen LogP contribution in [-0.2, 0) is 16.1 Å². The minimum atomic E-state index is -0.873. The van der Waals surface area contributed by atoms with Crippen LogP contribution < -0.4 is 20.7 Å². The first-order valence-corrected chi connectivity index (χ1v) is 11.6. The van der Waals surface area contributed by atoms with E-state index in [2.05, 4.69) is 0 Å². The third kappa shape index (κ3) is 3.65. The number of ether oxygens (including phenoxy) is 3. The molecule has 1 aliphatic rings. The largest absolute Gasteiger partial charge is 0.496 e. The number of rotatable bonds is 4. The van der Waals surface area contributed by atoms with Gasteiger partial charge in [0.15, 0.2) is 0 Å². The maximum atomic E-state index is 13.4. The summed E-state index contributed by atoms with van der Waals surface area (Å²) in [7, 11) is 1.51. The van der Waals surface area contributed by atoms with Crippen LogP contribution in [0, 0.1) is 0 Å². The van der Waals surface area contributed by atoms with Crippen molar-refractivity contribution < 1.29 is 27.8 Å². The highest BCUT2D eigenvalue weighted by atomic mass is 16.5. The van der Waals surface area contributed by atoms with E-state index in [0.29, 0.717) is 50.3 Å². The molecule has 0 aliphatic carbocycles. The number of esters is 1.